The van der Waals surface area contributed by atoms with Crippen LogP contribution in [-0.4, -0.2) is 42.9 Å². The van der Waals surface area contributed by atoms with Crippen molar-refractivity contribution in [2.45, 2.75) is 37.7 Å². The van der Waals surface area contributed by atoms with E-state index < -0.39 is 5.60 Å². The monoisotopic (exact) mass is 405 g/mol. The van der Waals surface area contributed by atoms with Gasteiger partial charge >= 0.3 is 0 Å². The Kier molecular flexibility index (Phi) is 7.47. The van der Waals surface area contributed by atoms with Gasteiger partial charge in [0, 0.05) is 30.6 Å². The maximum absolute atomic E-state index is 13.5. The summed E-state index contributed by atoms with van der Waals surface area (Å²) in [5, 5.41) is 12.7. The molecule has 1 N–H and O–H groups in total. The third kappa shape index (κ3) is 5.12. The Balaban J connectivity index is 2.00. The van der Waals surface area contributed by atoms with Crippen LogP contribution in [0.2, 0.25) is 5.02 Å². The topological polar surface area (TPSA) is 32.7 Å². The number of halogens is 2. The fourth-order valence-electron chi connectivity index (χ4n) is 3.97. The molecule has 0 aromatic heterocycles. The van der Waals surface area contributed by atoms with Gasteiger partial charge in [0.05, 0.1) is 18.8 Å². The van der Waals surface area contributed by atoms with Crippen molar-refractivity contribution in [3.05, 3.63) is 70.5 Å². The van der Waals surface area contributed by atoms with Crippen molar-refractivity contribution in [3.8, 4) is 0 Å². The van der Waals surface area contributed by atoms with Gasteiger partial charge in [0.1, 0.15) is 5.82 Å². The molecular weight excluding hydrogens is 377 g/mol. The van der Waals surface area contributed by atoms with Gasteiger partial charge in [0.2, 0.25) is 0 Å². The van der Waals surface area contributed by atoms with E-state index in [9.17, 15) is 9.50 Å². The molecule has 2 atom stereocenters. The predicted molar refractivity (Wildman–Crippen MR) is 111 cm³/mol. The summed E-state index contributed by atoms with van der Waals surface area (Å²) in [5.74, 6) is -0.447. The number of nitrogens with zero attached hydrogens (tertiary/aromatic N) is 1. The lowest BCUT2D eigenvalue weighted by atomic mass is 9.74. The number of aliphatic hydroxyl groups is 1. The minimum absolute atomic E-state index is 0.153. The van der Waals surface area contributed by atoms with Gasteiger partial charge in [-0.25, -0.2) is 4.39 Å². The van der Waals surface area contributed by atoms with Crippen molar-refractivity contribution in [2.75, 3.05) is 32.8 Å². The van der Waals surface area contributed by atoms with Crippen LogP contribution in [0.1, 0.15) is 43.2 Å². The van der Waals surface area contributed by atoms with Crippen LogP contribution >= 0.6 is 11.6 Å². The Bertz CT molecular complexity index is 731. The zero-order valence-corrected chi connectivity index (χ0v) is 17.2. The van der Waals surface area contributed by atoms with Gasteiger partial charge in [-0.05, 0) is 41.8 Å². The van der Waals surface area contributed by atoms with E-state index in [1.54, 1.807) is 12.1 Å². The molecule has 2 aromatic rings. The first-order valence-corrected chi connectivity index (χ1v) is 10.4. The molecule has 1 aliphatic heterocycles. The third-order valence-corrected chi connectivity index (χ3v) is 5.90. The largest absolute Gasteiger partial charge is 0.384 e. The number of hydrogen-bond donors (Lipinski definition) is 1. The van der Waals surface area contributed by atoms with Crippen molar-refractivity contribution >= 4 is 11.6 Å². The molecule has 0 amide bonds. The third-order valence-electron chi connectivity index (χ3n) is 5.65. The number of ether oxygens (including phenoxy) is 1. The summed E-state index contributed by atoms with van der Waals surface area (Å²) in [6, 6.07) is 14.0. The highest BCUT2D eigenvalue weighted by Gasteiger charge is 2.40. The van der Waals surface area contributed by atoms with E-state index in [0.29, 0.717) is 31.2 Å². The summed E-state index contributed by atoms with van der Waals surface area (Å²) < 4.78 is 19.0. The van der Waals surface area contributed by atoms with Crippen LogP contribution in [-0.2, 0) is 10.3 Å². The molecule has 0 saturated carbocycles. The van der Waals surface area contributed by atoms with Crippen LogP contribution in [0.3, 0.4) is 0 Å². The fourth-order valence-corrected chi connectivity index (χ4v) is 4.10. The lowest BCUT2D eigenvalue weighted by Crippen LogP contribution is -2.45. The Morgan fingerprint density at radius 1 is 1.11 bits per heavy atom. The van der Waals surface area contributed by atoms with Crippen LogP contribution in [0.5, 0.6) is 0 Å². The molecule has 3 rings (SSSR count). The Hall–Kier alpha value is -1.46. The minimum atomic E-state index is -1.09. The van der Waals surface area contributed by atoms with Crippen LogP contribution in [0.15, 0.2) is 48.5 Å². The molecule has 1 heterocycles. The summed E-state index contributed by atoms with van der Waals surface area (Å²) in [7, 11) is 0. The maximum Gasteiger partial charge on any atom is 0.123 e. The summed E-state index contributed by atoms with van der Waals surface area (Å²) in [5.41, 5.74) is 0.713. The Morgan fingerprint density at radius 3 is 2.36 bits per heavy atom. The molecule has 0 aliphatic carbocycles. The smallest absolute Gasteiger partial charge is 0.123 e. The Morgan fingerprint density at radius 2 is 1.75 bits per heavy atom. The van der Waals surface area contributed by atoms with E-state index in [1.165, 1.54) is 12.1 Å². The summed E-state index contributed by atoms with van der Waals surface area (Å²) in [6.07, 6.45) is 2.49. The molecule has 28 heavy (non-hydrogen) atoms. The quantitative estimate of drug-likeness (QED) is 0.672. The molecule has 2 aromatic carbocycles. The van der Waals surface area contributed by atoms with Crippen molar-refractivity contribution in [2.24, 2.45) is 0 Å². The normalized spacial score (nSPS) is 18.6. The first kappa shape index (κ1) is 21.3. The van der Waals surface area contributed by atoms with Gasteiger partial charge in [0.15, 0.2) is 0 Å². The van der Waals surface area contributed by atoms with E-state index in [-0.39, 0.29) is 11.7 Å². The van der Waals surface area contributed by atoms with Crippen LogP contribution in [0.25, 0.3) is 0 Å². The fraction of sp³-hybridized carbons (Fsp3) is 0.478. The predicted octanol–water partition coefficient (Wildman–Crippen LogP) is 4.97. The van der Waals surface area contributed by atoms with Gasteiger partial charge in [0.25, 0.3) is 0 Å². The molecule has 152 valence electrons. The average Bonchev–Trinajstić information content (AvgIpc) is 2.72. The highest BCUT2D eigenvalue weighted by Crippen LogP contribution is 2.42. The summed E-state index contributed by atoms with van der Waals surface area (Å²) >= 11 is 6.11. The van der Waals surface area contributed by atoms with Crippen molar-refractivity contribution in [1.82, 2.24) is 4.90 Å². The maximum atomic E-state index is 13.5. The van der Waals surface area contributed by atoms with E-state index >= 15 is 0 Å². The zero-order valence-electron chi connectivity index (χ0n) is 16.4. The number of morpholine rings is 1. The van der Waals surface area contributed by atoms with Crippen molar-refractivity contribution < 1.29 is 14.2 Å². The van der Waals surface area contributed by atoms with Crippen molar-refractivity contribution in [1.29, 1.82) is 0 Å². The van der Waals surface area contributed by atoms with Gasteiger partial charge in [-0.2, -0.15) is 0 Å². The van der Waals surface area contributed by atoms with Gasteiger partial charge in [-0.3, -0.25) is 4.90 Å². The number of hydrogen-bond acceptors (Lipinski definition) is 3. The van der Waals surface area contributed by atoms with Gasteiger partial charge in [-0.1, -0.05) is 55.6 Å². The number of rotatable bonds is 8. The number of unbranched alkanes of at least 4 members (excludes halogenated alkanes) is 1. The van der Waals surface area contributed by atoms with Crippen LogP contribution in [0.4, 0.5) is 4.39 Å². The minimum Gasteiger partial charge on any atom is -0.384 e. The molecule has 0 unspecified atom stereocenters. The second-order valence-corrected chi connectivity index (χ2v) is 7.99. The lowest BCUT2D eigenvalue weighted by molar-refractivity contribution is -0.0294. The molecule has 0 spiro atoms. The van der Waals surface area contributed by atoms with E-state index in [0.717, 1.165) is 37.1 Å². The second kappa shape index (κ2) is 9.84. The molecule has 5 heteroatoms. The molecular formula is C23H29ClFNO2. The molecule has 1 fully saturated rings. The molecule has 1 aliphatic rings. The van der Waals surface area contributed by atoms with Crippen LogP contribution in [0, 0.1) is 5.82 Å². The Labute approximate surface area is 172 Å². The SMILES string of the molecule is CCCC[C@@](O)(c1ccc(F)cc1)[C@H](CN1CCOCC1)c1ccc(Cl)cc1. The average molecular weight is 406 g/mol. The van der Waals surface area contributed by atoms with E-state index in [2.05, 4.69) is 11.8 Å². The second-order valence-electron chi connectivity index (χ2n) is 7.55. The standard InChI is InChI=1S/C23H29ClFNO2/c1-2-3-12-23(27,19-6-10-21(25)11-7-19)22(17-26-13-15-28-16-14-26)18-4-8-20(24)9-5-18/h4-11,22,27H,2-3,12-17H2,1H3/t22-,23-/m1/s1. The van der Waals surface area contributed by atoms with Gasteiger partial charge < -0.3 is 9.84 Å². The molecule has 0 bridgehead atoms. The molecule has 3 nitrogen and oxygen atoms in total. The van der Waals surface area contributed by atoms with E-state index in [1.807, 2.05) is 24.3 Å². The molecule has 0 radical (unpaired) electrons. The first-order chi connectivity index (χ1) is 13.5. The highest BCUT2D eigenvalue weighted by molar-refractivity contribution is 6.30. The van der Waals surface area contributed by atoms with Crippen molar-refractivity contribution in [3.63, 3.8) is 0 Å². The first-order valence-electron chi connectivity index (χ1n) is 10.1. The van der Waals surface area contributed by atoms with Gasteiger partial charge in [-0.15, -0.1) is 0 Å². The highest BCUT2D eigenvalue weighted by atomic mass is 35.5. The molecule has 1 saturated heterocycles. The zero-order chi connectivity index (χ0) is 20.0. The lowest BCUT2D eigenvalue weighted by Gasteiger charge is -2.41. The number of benzene rings is 2. The van der Waals surface area contributed by atoms with Crippen LogP contribution < -0.4 is 0 Å². The summed E-state index contributed by atoms with van der Waals surface area (Å²) in [4.78, 5) is 2.34. The van der Waals surface area contributed by atoms with E-state index in [4.69, 9.17) is 16.3 Å². The summed E-state index contributed by atoms with van der Waals surface area (Å²) in [6.45, 7) is 5.93.